The number of nitrogens with zero attached hydrogens (tertiary/aromatic N) is 1. The fraction of sp³-hybridized carbons (Fsp3) is 0.500. The van der Waals surface area contributed by atoms with Gasteiger partial charge in [-0.3, -0.25) is 0 Å². The van der Waals surface area contributed by atoms with Crippen LogP contribution in [-0.4, -0.2) is 19.2 Å². The van der Waals surface area contributed by atoms with Crippen LogP contribution in [0.15, 0.2) is 23.2 Å². The Hall–Kier alpha value is -1.91. The smallest absolute Gasteiger partial charge is 0.186 e. The summed E-state index contributed by atoms with van der Waals surface area (Å²) in [5, 5.41) is 0. The predicted octanol–water partition coefficient (Wildman–Crippen LogP) is 1.79. The van der Waals surface area contributed by atoms with Crippen molar-refractivity contribution < 1.29 is 9.47 Å². The van der Waals surface area contributed by atoms with Gasteiger partial charge >= 0.3 is 0 Å². The van der Waals surface area contributed by atoms with Gasteiger partial charge in [-0.2, -0.15) is 0 Å². The Morgan fingerprint density at radius 1 is 1.32 bits per heavy atom. The number of guanidine groups is 1. The lowest BCUT2D eigenvalue weighted by molar-refractivity contribution is 0.207. The summed E-state index contributed by atoms with van der Waals surface area (Å²) in [6, 6.07) is 5.73. The van der Waals surface area contributed by atoms with Crippen LogP contribution in [0.4, 0.5) is 0 Å². The van der Waals surface area contributed by atoms with Gasteiger partial charge in [0.15, 0.2) is 5.96 Å². The lowest BCUT2D eigenvalue weighted by Crippen LogP contribution is -2.22. The third-order valence-electron chi connectivity index (χ3n) is 3.30. The molecule has 0 radical (unpaired) electrons. The summed E-state index contributed by atoms with van der Waals surface area (Å²) in [5.74, 6) is 1.68. The maximum absolute atomic E-state index is 6.05. The van der Waals surface area contributed by atoms with E-state index in [9.17, 15) is 0 Å². The molecule has 0 saturated heterocycles. The highest BCUT2D eigenvalue weighted by atomic mass is 16.5. The lowest BCUT2D eigenvalue weighted by atomic mass is 10.2. The van der Waals surface area contributed by atoms with E-state index in [1.807, 2.05) is 18.2 Å². The molecule has 4 N–H and O–H groups in total. The first-order valence-electron chi connectivity index (χ1n) is 6.58. The number of ether oxygens (including phenoxy) is 2. The molecule has 5 nitrogen and oxygen atoms in total. The largest absolute Gasteiger partial charge is 0.497 e. The molecule has 0 aliphatic heterocycles. The van der Waals surface area contributed by atoms with Crippen LogP contribution in [0.3, 0.4) is 0 Å². The normalized spacial score (nSPS) is 15.2. The first kappa shape index (κ1) is 13.5. The van der Waals surface area contributed by atoms with Gasteiger partial charge in [0.2, 0.25) is 0 Å². The molecule has 5 heteroatoms. The molecule has 1 aliphatic rings. The van der Waals surface area contributed by atoms with Crippen molar-refractivity contribution in [3.05, 3.63) is 23.8 Å². The van der Waals surface area contributed by atoms with Crippen LogP contribution in [-0.2, 0) is 6.54 Å². The second-order valence-corrected chi connectivity index (χ2v) is 4.74. The van der Waals surface area contributed by atoms with E-state index < -0.39 is 0 Å². The van der Waals surface area contributed by atoms with Crippen molar-refractivity contribution in [2.45, 2.75) is 38.3 Å². The number of methoxy groups -OCH3 is 1. The molecule has 1 aromatic carbocycles. The fourth-order valence-corrected chi connectivity index (χ4v) is 2.26. The van der Waals surface area contributed by atoms with E-state index in [1.165, 1.54) is 12.8 Å². The van der Waals surface area contributed by atoms with Crippen molar-refractivity contribution in [3.63, 3.8) is 0 Å². The molecule has 2 rings (SSSR count). The van der Waals surface area contributed by atoms with Crippen molar-refractivity contribution >= 4 is 5.96 Å². The molecule has 1 saturated carbocycles. The monoisotopic (exact) mass is 263 g/mol. The zero-order chi connectivity index (χ0) is 13.7. The highest BCUT2D eigenvalue weighted by Crippen LogP contribution is 2.30. The third kappa shape index (κ3) is 3.77. The van der Waals surface area contributed by atoms with Crippen LogP contribution in [0, 0.1) is 0 Å². The van der Waals surface area contributed by atoms with Gasteiger partial charge < -0.3 is 20.9 Å². The molecular formula is C14H21N3O2. The van der Waals surface area contributed by atoms with Gasteiger partial charge in [0.1, 0.15) is 11.5 Å². The fourth-order valence-electron chi connectivity index (χ4n) is 2.26. The molecule has 0 atom stereocenters. The second kappa shape index (κ2) is 6.31. The van der Waals surface area contributed by atoms with Crippen LogP contribution in [0.1, 0.15) is 31.2 Å². The molecule has 1 aromatic rings. The van der Waals surface area contributed by atoms with Crippen LogP contribution >= 0.6 is 0 Å². The van der Waals surface area contributed by atoms with Crippen LogP contribution < -0.4 is 20.9 Å². The first-order chi connectivity index (χ1) is 9.19. The molecule has 19 heavy (non-hydrogen) atoms. The Kier molecular flexibility index (Phi) is 4.49. The number of aliphatic imine (C=N–C) groups is 1. The number of benzene rings is 1. The summed E-state index contributed by atoms with van der Waals surface area (Å²) >= 11 is 0. The quantitative estimate of drug-likeness (QED) is 0.626. The van der Waals surface area contributed by atoms with E-state index in [-0.39, 0.29) is 5.96 Å². The average Bonchev–Trinajstić information content (AvgIpc) is 2.90. The highest BCUT2D eigenvalue weighted by Gasteiger charge is 2.18. The van der Waals surface area contributed by atoms with Gasteiger partial charge in [-0.15, -0.1) is 0 Å². The van der Waals surface area contributed by atoms with Gasteiger partial charge in [0.25, 0.3) is 0 Å². The van der Waals surface area contributed by atoms with Gasteiger partial charge in [-0.05, 0) is 37.8 Å². The predicted molar refractivity (Wildman–Crippen MR) is 75.4 cm³/mol. The van der Waals surface area contributed by atoms with Crippen LogP contribution in [0.5, 0.6) is 11.5 Å². The molecule has 0 spiro atoms. The minimum absolute atomic E-state index is 0.0858. The maximum atomic E-state index is 6.05. The van der Waals surface area contributed by atoms with Gasteiger partial charge in [-0.25, -0.2) is 4.99 Å². The summed E-state index contributed by atoms with van der Waals surface area (Å²) in [7, 11) is 1.64. The Morgan fingerprint density at radius 2 is 2.05 bits per heavy atom. The summed E-state index contributed by atoms with van der Waals surface area (Å²) in [6.07, 6.45) is 4.98. The summed E-state index contributed by atoms with van der Waals surface area (Å²) < 4.78 is 11.3. The molecule has 0 heterocycles. The Labute approximate surface area is 113 Å². The number of rotatable bonds is 5. The zero-order valence-electron chi connectivity index (χ0n) is 11.3. The summed E-state index contributed by atoms with van der Waals surface area (Å²) in [5.41, 5.74) is 11.7. The topological polar surface area (TPSA) is 82.9 Å². The molecular weight excluding hydrogens is 242 g/mol. The van der Waals surface area contributed by atoms with Crippen molar-refractivity contribution in [2.24, 2.45) is 16.5 Å². The van der Waals surface area contributed by atoms with E-state index in [1.54, 1.807) is 7.11 Å². The van der Waals surface area contributed by atoms with Gasteiger partial charge in [0.05, 0.1) is 19.8 Å². The lowest BCUT2D eigenvalue weighted by Gasteiger charge is -2.16. The molecule has 0 amide bonds. The zero-order valence-corrected chi connectivity index (χ0v) is 11.3. The number of hydrogen-bond donors (Lipinski definition) is 2. The van der Waals surface area contributed by atoms with Crippen molar-refractivity contribution in [1.29, 1.82) is 0 Å². The van der Waals surface area contributed by atoms with E-state index >= 15 is 0 Å². The average molecular weight is 263 g/mol. The SMILES string of the molecule is COc1ccc(CN=C(N)N)c(OC2CCCC2)c1. The van der Waals surface area contributed by atoms with Crippen molar-refractivity contribution in [1.82, 2.24) is 0 Å². The second-order valence-electron chi connectivity index (χ2n) is 4.74. The highest BCUT2D eigenvalue weighted by molar-refractivity contribution is 5.75. The molecule has 1 aliphatic carbocycles. The minimum Gasteiger partial charge on any atom is -0.497 e. The summed E-state index contributed by atoms with van der Waals surface area (Å²) in [6.45, 7) is 0.425. The number of nitrogens with two attached hydrogens (primary N) is 2. The molecule has 1 fully saturated rings. The molecule has 0 unspecified atom stereocenters. The standard InChI is InChI=1S/C14H21N3O2/c1-18-12-7-6-10(9-17-14(15)16)13(8-12)19-11-4-2-3-5-11/h6-8,11H,2-5,9H2,1H3,(H4,15,16,17). The van der Waals surface area contributed by atoms with Crippen LogP contribution in [0.25, 0.3) is 0 Å². The van der Waals surface area contributed by atoms with E-state index in [0.717, 1.165) is 29.9 Å². The molecule has 104 valence electrons. The Morgan fingerprint density at radius 3 is 2.68 bits per heavy atom. The van der Waals surface area contributed by atoms with E-state index in [4.69, 9.17) is 20.9 Å². The first-order valence-corrected chi connectivity index (χ1v) is 6.58. The number of hydrogen-bond acceptors (Lipinski definition) is 3. The van der Waals surface area contributed by atoms with E-state index in [2.05, 4.69) is 4.99 Å². The van der Waals surface area contributed by atoms with Crippen molar-refractivity contribution in [2.75, 3.05) is 7.11 Å². The maximum Gasteiger partial charge on any atom is 0.186 e. The molecule has 0 aromatic heterocycles. The Bertz CT molecular complexity index is 450. The van der Waals surface area contributed by atoms with Gasteiger partial charge in [0, 0.05) is 11.6 Å². The van der Waals surface area contributed by atoms with Gasteiger partial charge in [-0.1, -0.05) is 0 Å². The minimum atomic E-state index is 0.0858. The Balaban J connectivity index is 2.17. The van der Waals surface area contributed by atoms with Crippen molar-refractivity contribution in [3.8, 4) is 11.5 Å². The summed E-state index contributed by atoms with van der Waals surface area (Å²) in [4.78, 5) is 4.04. The third-order valence-corrected chi connectivity index (χ3v) is 3.30. The van der Waals surface area contributed by atoms with Crippen LogP contribution in [0.2, 0.25) is 0 Å². The molecule has 0 bridgehead atoms. The van der Waals surface area contributed by atoms with E-state index in [0.29, 0.717) is 12.6 Å².